The van der Waals surface area contributed by atoms with Gasteiger partial charge in [0.15, 0.2) is 0 Å². The Bertz CT molecular complexity index is 455. The van der Waals surface area contributed by atoms with E-state index in [2.05, 4.69) is 0 Å². The highest BCUT2D eigenvalue weighted by Crippen LogP contribution is 2.35. The van der Waals surface area contributed by atoms with Crippen molar-refractivity contribution in [2.24, 2.45) is 0 Å². The number of nitrogens with zero attached hydrogens (tertiary/aromatic N) is 1. The van der Waals surface area contributed by atoms with Gasteiger partial charge in [-0.25, -0.2) is 4.79 Å². The third kappa shape index (κ3) is 2.67. The van der Waals surface area contributed by atoms with Crippen molar-refractivity contribution in [3.05, 3.63) is 21.9 Å². The Balaban J connectivity index is 1.95. The predicted molar refractivity (Wildman–Crippen MR) is 70.8 cm³/mol. The van der Waals surface area contributed by atoms with Gasteiger partial charge in [0, 0.05) is 4.88 Å². The number of thiophene rings is 1. The maximum Gasteiger partial charge on any atom is 0.410 e. The summed E-state index contributed by atoms with van der Waals surface area (Å²) in [6.45, 7) is 8.11. The molecule has 100 valence electrons. The molecule has 1 aliphatic heterocycles. The molecule has 0 unspecified atom stereocenters. The molecule has 0 bridgehead atoms. The second-order valence-corrected chi connectivity index (χ2v) is 6.93. The summed E-state index contributed by atoms with van der Waals surface area (Å²) in [6, 6.07) is 1.97. The molecule has 1 aromatic rings. The van der Waals surface area contributed by atoms with Crippen molar-refractivity contribution < 1.29 is 14.6 Å². The van der Waals surface area contributed by atoms with Crippen LogP contribution >= 0.6 is 11.3 Å². The van der Waals surface area contributed by atoms with Gasteiger partial charge in [-0.1, -0.05) is 0 Å². The minimum absolute atomic E-state index is 0.304. The number of carbonyl (C=O) groups excluding carboxylic acids is 1. The number of aliphatic hydroxyl groups is 1. The first-order valence-electron chi connectivity index (χ1n) is 5.96. The number of β-amino-alcohol motifs (C(OH)–C–C–N with tert-alkyl or cyclic N) is 1. The van der Waals surface area contributed by atoms with Crippen LogP contribution in [0.3, 0.4) is 0 Å². The SMILES string of the molecule is Cc1cc(C2(O)CN(C(=O)OC(C)(C)C)C2)cs1. The minimum Gasteiger partial charge on any atom is -0.444 e. The molecule has 1 fully saturated rings. The predicted octanol–water partition coefficient (Wildman–Crippen LogP) is 2.49. The topological polar surface area (TPSA) is 49.8 Å². The molecule has 0 aliphatic carbocycles. The fourth-order valence-corrected chi connectivity index (χ4v) is 2.71. The highest BCUT2D eigenvalue weighted by molar-refractivity contribution is 7.10. The van der Waals surface area contributed by atoms with Crippen molar-refractivity contribution in [3.8, 4) is 0 Å². The summed E-state index contributed by atoms with van der Waals surface area (Å²) in [4.78, 5) is 14.4. The molecule has 4 nitrogen and oxygen atoms in total. The molecule has 0 saturated carbocycles. The highest BCUT2D eigenvalue weighted by atomic mass is 32.1. The van der Waals surface area contributed by atoms with Gasteiger partial charge in [0.05, 0.1) is 13.1 Å². The largest absolute Gasteiger partial charge is 0.444 e. The monoisotopic (exact) mass is 269 g/mol. The van der Waals surface area contributed by atoms with Crippen LogP contribution in [0.4, 0.5) is 4.79 Å². The fourth-order valence-electron chi connectivity index (χ4n) is 1.91. The summed E-state index contributed by atoms with van der Waals surface area (Å²) in [7, 11) is 0. The Morgan fingerprint density at radius 3 is 2.56 bits per heavy atom. The van der Waals surface area contributed by atoms with E-state index in [1.54, 1.807) is 11.3 Å². The minimum atomic E-state index is -0.901. The number of rotatable bonds is 1. The van der Waals surface area contributed by atoms with Crippen molar-refractivity contribution in [2.75, 3.05) is 13.1 Å². The normalized spacial score (nSPS) is 18.4. The van der Waals surface area contributed by atoms with Crippen LogP contribution in [0.5, 0.6) is 0 Å². The first-order chi connectivity index (χ1) is 8.20. The molecule has 1 N–H and O–H groups in total. The lowest BCUT2D eigenvalue weighted by atomic mass is 9.88. The second kappa shape index (κ2) is 4.24. The van der Waals surface area contributed by atoms with E-state index in [-0.39, 0.29) is 6.09 Å². The lowest BCUT2D eigenvalue weighted by Gasteiger charge is -2.46. The maximum absolute atomic E-state index is 11.8. The van der Waals surface area contributed by atoms with Gasteiger partial charge < -0.3 is 14.7 Å². The third-order valence-corrected chi connectivity index (χ3v) is 3.69. The van der Waals surface area contributed by atoms with Crippen LogP contribution in [0.25, 0.3) is 0 Å². The van der Waals surface area contributed by atoms with Gasteiger partial charge in [-0.05, 0) is 44.7 Å². The van der Waals surface area contributed by atoms with Crippen LogP contribution in [0, 0.1) is 6.92 Å². The van der Waals surface area contributed by atoms with Crippen molar-refractivity contribution in [3.63, 3.8) is 0 Å². The zero-order chi connectivity index (χ0) is 13.6. The number of aryl methyl sites for hydroxylation is 1. The number of hydrogen-bond donors (Lipinski definition) is 1. The van der Waals surface area contributed by atoms with E-state index in [4.69, 9.17) is 4.74 Å². The van der Waals surface area contributed by atoms with Crippen LogP contribution in [-0.4, -0.2) is 34.8 Å². The maximum atomic E-state index is 11.8. The first-order valence-corrected chi connectivity index (χ1v) is 6.83. The van der Waals surface area contributed by atoms with Crippen LogP contribution in [-0.2, 0) is 10.3 Å². The van der Waals surface area contributed by atoms with Crippen LogP contribution < -0.4 is 0 Å². The van der Waals surface area contributed by atoms with E-state index in [1.165, 1.54) is 4.90 Å². The molecule has 0 radical (unpaired) electrons. The van der Waals surface area contributed by atoms with Crippen molar-refractivity contribution in [1.82, 2.24) is 4.90 Å². The number of likely N-dealkylation sites (tertiary alicyclic amines) is 1. The van der Waals surface area contributed by atoms with Crippen LogP contribution in [0.2, 0.25) is 0 Å². The standard InChI is InChI=1S/C13H19NO3S/c1-9-5-10(6-18-9)13(16)7-14(8-13)11(15)17-12(2,3)4/h5-6,16H,7-8H2,1-4H3. The summed E-state index contributed by atoms with van der Waals surface area (Å²) < 4.78 is 5.25. The summed E-state index contributed by atoms with van der Waals surface area (Å²) in [5, 5.41) is 12.3. The molecule has 18 heavy (non-hydrogen) atoms. The lowest BCUT2D eigenvalue weighted by molar-refractivity contribution is -0.103. The molecule has 2 heterocycles. The van der Waals surface area contributed by atoms with E-state index in [0.29, 0.717) is 13.1 Å². The molecule has 1 amide bonds. The van der Waals surface area contributed by atoms with Crippen LogP contribution in [0.1, 0.15) is 31.2 Å². The molecular weight excluding hydrogens is 250 g/mol. The summed E-state index contributed by atoms with van der Waals surface area (Å²) in [5.41, 5.74) is -0.504. The van der Waals surface area contributed by atoms with Gasteiger partial charge >= 0.3 is 6.09 Å². The average Bonchev–Trinajstić information content (AvgIpc) is 2.57. The first kappa shape index (κ1) is 13.4. The number of amides is 1. The summed E-state index contributed by atoms with van der Waals surface area (Å²) >= 11 is 1.61. The lowest BCUT2D eigenvalue weighted by Crippen LogP contribution is -2.61. The number of hydrogen-bond acceptors (Lipinski definition) is 4. The van der Waals surface area contributed by atoms with Crippen molar-refractivity contribution in [1.29, 1.82) is 0 Å². The highest BCUT2D eigenvalue weighted by Gasteiger charge is 2.46. The Labute approximate surface area is 111 Å². The smallest absolute Gasteiger partial charge is 0.410 e. The average molecular weight is 269 g/mol. The summed E-state index contributed by atoms with van der Waals surface area (Å²) in [6.07, 6.45) is -0.362. The molecule has 0 atom stereocenters. The molecule has 1 aliphatic rings. The van der Waals surface area contributed by atoms with E-state index < -0.39 is 11.2 Å². The van der Waals surface area contributed by atoms with E-state index >= 15 is 0 Å². The van der Waals surface area contributed by atoms with Gasteiger partial charge in [-0.3, -0.25) is 0 Å². The van der Waals surface area contributed by atoms with Crippen LogP contribution in [0.15, 0.2) is 11.4 Å². The van der Waals surface area contributed by atoms with Gasteiger partial charge in [0.2, 0.25) is 0 Å². The molecule has 5 heteroatoms. The molecule has 1 aromatic heterocycles. The second-order valence-electron chi connectivity index (χ2n) is 5.81. The molecular formula is C13H19NO3S. The Kier molecular flexibility index (Phi) is 3.15. The number of carbonyl (C=O) groups is 1. The zero-order valence-electron chi connectivity index (χ0n) is 11.2. The van der Waals surface area contributed by atoms with E-state index in [1.807, 2.05) is 39.1 Å². The van der Waals surface area contributed by atoms with Gasteiger partial charge in [0.25, 0.3) is 0 Å². The van der Waals surface area contributed by atoms with Crippen molar-refractivity contribution in [2.45, 2.75) is 38.9 Å². The molecule has 0 aromatic carbocycles. The fraction of sp³-hybridized carbons (Fsp3) is 0.615. The number of ether oxygens (including phenoxy) is 1. The Morgan fingerprint density at radius 1 is 1.50 bits per heavy atom. The summed E-state index contributed by atoms with van der Waals surface area (Å²) in [5.74, 6) is 0. The Morgan fingerprint density at radius 2 is 2.11 bits per heavy atom. The van der Waals surface area contributed by atoms with Gasteiger partial charge in [-0.2, -0.15) is 0 Å². The van der Waals surface area contributed by atoms with Crippen molar-refractivity contribution >= 4 is 17.4 Å². The van der Waals surface area contributed by atoms with E-state index in [9.17, 15) is 9.90 Å². The Hall–Kier alpha value is -1.07. The van der Waals surface area contributed by atoms with Gasteiger partial charge in [0.1, 0.15) is 11.2 Å². The zero-order valence-corrected chi connectivity index (χ0v) is 12.0. The molecule has 1 saturated heterocycles. The van der Waals surface area contributed by atoms with Gasteiger partial charge in [-0.15, -0.1) is 11.3 Å². The van der Waals surface area contributed by atoms with E-state index in [0.717, 1.165) is 10.4 Å². The molecule has 0 spiro atoms. The molecule has 2 rings (SSSR count). The third-order valence-electron chi connectivity index (χ3n) is 2.82. The quantitative estimate of drug-likeness (QED) is 0.852.